The van der Waals surface area contributed by atoms with Crippen LogP contribution in [0.3, 0.4) is 0 Å². The number of rotatable bonds is 9. The molecule has 0 radical (unpaired) electrons. The zero-order valence-electron chi connectivity index (χ0n) is 24.2. The maximum absolute atomic E-state index is 14.6. The predicted molar refractivity (Wildman–Crippen MR) is 148 cm³/mol. The van der Waals surface area contributed by atoms with Gasteiger partial charge in [-0.25, -0.2) is 9.18 Å². The smallest absolute Gasteiger partial charge is 0.410 e. The number of carbonyl (C=O) groups excluding carboxylic acids is 2. The Morgan fingerprint density at radius 1 is 1.25 bits per heavy atom. The van der Waals surface area contributed by atoms with Gasteiger partial charge in [0.05, 0.1) is 17.1 Å². The van der Waals surface area contributed by atoms with Gasteiger partial charge in [0.15, 0.2) is 0 Å². The molecule has 1 aromatic carbocycles. The van der Waals surface area contributed by atoms with Gasteiger partial charge in [-0.15, -0.1) is 10.2 Å². The molecule has 1 aliphatic heterocycles. The summed E-state index contributed by atoms with van der Waals surface area (Å²) in [6, 6.07) is 4.06. The van der Waals surface area contributed by atoms with E-state index >= 15 is 0 Å². The van der Waals surface area contributed by atoms with Crippen molar-refractivity contribution in [3.8, 4) is 11.4 Å². The van der Waals surface area contributed by atoms with Gasteiger partial charge < -0.3 is 23.8 Å². The summed E-state index contributed by atoms with van der Waals surface area (Å²) in [6.45, 7) is 11.4. The Morgan fingerprint density at radius 2 is 2.02 bits per heavy atom. The van der Waals surface area contributed by atoms with Crippen molar-refractivity contribution in [2.24, 2.45) is 0 Å². The highest BCUT2D eigenvalue weighted by Gasteiger charge is 2.37. The number of likely N-dealkylation sites (tertiary alicyclic amines) is 1. The number of H-pyrrole nitrogens is 1. The molecule has 1 atom stereocenters. The number of nitrogens with one attached hydrogen (secondary N) is 1. The van der Waals surface area contributed by atoms with E-state index in [2.05, 4.69) is 20.6 Å². The van der Waals surface area contributed by atoms with E-state index in [1.165, 1.54) is 12.1 Å². The summed E-state index contributed by atoms with van der Waals surface area (Å²) in [4.78, 5) is 31.0. The monoisotopic (exact) mass is 557 g/mol. The van der Waals surface area contributed by atoms with Crippen LogP contribution in [0, 0.1) is 5.82 Å². The Morgan fingerprint density at radius 3 is 2.67 bits per heavy atom. The summed E-state index contributed by atoms with van der Waals surface area (Å²) in [7, 11) is 1.65. The molecule has 3 aromatic rings. The Hall–Kier alpha value is -3.54. The standard InChI is InChI=1S/C28H40FN7O4/c1-18(2)36(20-10-9-13-34(17-20)27(38)40-28(3,4)5)26(37)24-23(25-30-32-33-31-25)21-12-11-19(29)16-22(21)35(24)14-7-8-15-39-6/h11-12,16,18,20H,7-10,13-15,17H2,1-6H3,(H,30,31,32,33)/t20-/m1/s1. The molecule has 2 amide bonds. The minimum atomic E-state index is -0.615. The molecule has 11 nitrogen and oxygen atoms in total. The molecule has 3 heterocycles. The van der Waals surface area contributed by atoms with Gasteiger partial charge in [-0.2, -0.15) is 5.21 Å². The van der Waals surface area contributed by atoms with Crippen molar-refractivity contribution in [1.29, 1.82) is 0 Å². The number of unbranched alkanes of at least 4 members (excludes halogenated alkanes) is 1. The van der Waals surface area contributed by atoms with Crippen LogP contribution in [0.5, 0.6) is 0 Å². The van der Waals surface area contributed by atoms with Gasteiger partial charge in [-0.05, 0) is 83.7 Å². The largest absolute Gasteiger partial charge is 0.444 e. The second-order valence-corrected chi connectivity index (χ2v) is 11.5. The number of methoxy groups -OCH3 is 1. The third-order valence-electron chi connectivity index (χ3n) is 7.01. The first-order valence-electron chi connectivity index (χ1n) is 13.9. The molecular formula is C28H40FN7O4. The number of amides is 2. The van der Waals surface area contributed by atoms with Crippen LogP contribution in [-0.4, -0.2) is 91.5 Å². The molecule has 1 aliphatic rings. The molecule has 1 N–H and O–H groups in total. The predicted octanol–water partition coefficient (Wildman–Crippen LogP) is 4.64. The lowest BCUT2D eigenvalue weighted by Crippen LogP contribution is -2.54. The second-order valence-electron chi connectivity index (χ2n) is 11.5. The number of benzene rings is 1. The van der Waals surface area contributed by atoms with Gasteiger partial charge in [-0.3, -0.25) is 4.79 Å². The number of hydrogen-bond acceptors (Lipinski definition) is 7. The number of aromatic nitrogens is 5. The average Bonchev–Trinajstić information content (AvgIpc) is 3.52. The summed E-state index contributed by atoms with van der Waals surface area (Å²) < 4.78 is 27.2. The van der Waals surface area contributed by atoms with Crippen molar-refractivity contribution in [2.75, 3.05) is 26.8 Å². The molecule has 12 heteroatoms. The molecule has 40 heavy (non-hydrogen) atoms. The third kappa shape index (κ3) is 6.43. The first kappa shape index (κ1) is 29.4. The van der Waals surface area contributed by atoms with E-state index in [1.807, 2.05) is 44.1 Å². The number of fused-ring (bicyclic) bond motifs is 1. The quantitative estimate of drug-likeness (QED) is 0.381. The summed E-state index contributed by atoms with van der Waals surface area (Å²) in [6.07, 6.45) is 2.59. The fourth-order valence-corrected chi connectivity index (χ4v) is 5.41. The fraction of sp³-hybridized carbons (Fsp3) is 0.607. The summed E-state index contributed by atoms with van der Waals surface area (Å²) in [5.74, 6) is -0.365. The molecule has 0 saturated carbocycles. The van der Waals surface area contributed by atoms with Gasteiger partial charge in [0.1, 0.15) is 17.1 Å². The Labute approximate surface area is 234 Å². The van der Waals surface area contributed by atoms with Gasteiger partial charge in [0.2, 0.25) is 5.82 Å². The van der Waals surface area contributed by atoms with Crippen LogP contribution in [0.25, 0.3) is 22.3 Å². The van der Waals surface area contributed by atoms with E-state index in [0.717, 1.165) is 25.7 Å². The van der Waals surface area contributed by atoms with E-state index < -0.39 is 11.4 Å². The molecular weight excluding hydrogens is 517 g/mol. The maximum Gasteiger partial charge on any atom is 0.410 e. The van der Waals surface area contributed by atoms with Crippen molar-refractivity contribution < 1.29 is 23.5 Å². The molecule has 0 aliphatic carbocycles. The molecule has 0 spiro atoms. The van der Waals surface area contributed by atoms with E-state index in [0.29, 0.717) is 48.4 Å². The van der Waals surface area contributed by atoms with Gasteiger partial charge in [-0.1, -0.05) is 0 Å². The average molecular weight is 558 g/mol. The highest BCUT2D eigenvalue weighted by molar-refractivity contribution is 6.09. The van der Waals surface area contributed by atoms with E-state index in [4.69, 9.17) is 9.47 Å². The zero-order valence-corrected chi connectivity index (χ0v) is 24.2. The van der Waals surface area contributed by atoms with E-state index in [1.54, 1.807) is 18.1 Å². The third-order valence-corrected chi connectivity index (χ3v) is 7.01. The van der Waals surface area contributed by atoms with Crippen molar-refractivity contribution in [1.82, 2.24) is 35.0 Å². The van der Waals surface area contributed by atoms with E-state index in [9.17, 15) is 14.0 Å². The van der Waals surface area contributed by atoms with Crippen LogP contribution in [0.4, 0.5) is 9.18 Å². The van der Waals surface area contributed by atoms with Crippen LogP contribution < -0.4 is 0 Å². The first-order valence-corrected chi connectivity index (χ1v) is 13.9. The number of aromatic amines is 1. The molecule has 4 rings (SSSR count). The minimum Gasteiger partial charge on any atom is -0.444 e. The number of ether oxygens (including phenoxy) is 2. The Balaban J connectivity index is 1.78. The Kier molecular flexibility index (Phi) is 9.07. The highest BCUT2D eigenvalue weighted by Crippen LogP contribution is 2.36. The first-order chi connectivity index (χ1) is 19.0. The number of carbonyl (C=O) groups is 2. The number of piperidine rings is 1. The number of tetrazole rings is 1. The minimum absolute atomic E-state index is 0.175. The maximum atomic E-state index is 14.6. The van der Waals surface area contributed by atoms with Crippen molar-refractivity contribution in [3.63, 3.8) is 0 Å². The number of nitrogens with zero attached hydrogens (tertiary/aromatic N) is 6. The lowest BCUT2D eigenvalue weighted by molar-refractivity contribution is 0.00735. The number of hydrogen-bond donors (Lipinski definition) is 1. The van der Waals surface area contributed by atoms with Crippen molar-refractivity contribution in [2.45, 2.75) is 84.5 Å². The van der Waals surface area contributed by atoms with Crippen LogP contribution in [0.2, 0.25) is 0 Å². The molecule has 0 bridgehead atoms. The second kappa shape index (κ2) is 12.3. The van der Waals surface area contributed by atoms with E-state index in [-0.39, 0.29) is 29.9 Å². The number of aryl methyl sites for hydroxylation is 1. The summed E-state index contributed by atoms with van der Waals surface area (Å²) >= 11 is 0. The molecule has 218 valence electrons. The Bertz CT molecular complexity index is 1320. The van der Waals surface area contributed by atoms with Gasteiger partial charge in [0.25, 0.3) is 5.91 Å². The fourth-order valence-electron chi connectivity index (χ4n) is 5.41. The van der Waals surface area contributed by atoms with Crippen LogP contribution in [-0.2, 0) is 16.0 Å². The van der Waals surface area contributed by atoms with Crippen LogP contribution in [0.1, 0.15) is 70.8 Å². The highest BCUT2D eigenvalue weighted by atomic mass is 19.1. The summed E-state index contributed by atoms with van der Waals surface area (Å²) in [5, 5.41) is 15.3. The lowest BCUT2D eigenvalue weighted by atomic mass is 10.0. The lowest BCUT2D eigenvalue weighted by Gasteiger charge is -2.41. The van der Waals surface area contributed by atoms with Crippen LogP contribution in [0.15, 0.2) is 18.2 Å². The molecule has 1 fully saturated rings. The molecule has 2 aromatic heterocycles. The van der Waals surface area contributed by atoms with Gasteiger partial charge >= 0.3 is 6.09 Å². The van der Waals surface area contributed by atoms with Crippen molar-refractivity contribution in [3.05, 3.63) is 29.7 Å². The molecule has 1 saturated heterocycles. The van der Waals surface area contributed by atoms with Crippen molar-refractivity contribution >= 4 is 22.9 Å². The topological polar surface area (TPSA) is 118 Å². The van der Waals surface area contributed by atoms with Gasteiger partial charge in [0, 0.05) is 44.8 Å². The van der Waals surface area contributed by atoms with Crippen LogP contribution >= 0.6 is 0 Å². The zero-order chi connectivity index (χ0) is 29.0. The molecule has 0 unspecified atom stereocenters. The number of halogens is 1. The summed E-state index contributed by atoms with van der Waals surface area (Å²) in [5.41, 5.74) is 0.854. The SMILES string of the molecule is COCCCCn1c(C(=O)N(C(C)C)[C@@H]2CCCN(C(=O)OC(C)(C)C)C2)c(-c2nn[nH]n2)c2ccc(F)cc21. The normalized spacial score (nSPS) is 16.1.